The highest BCUT2D eigenvalue weighted by atomic mass is 79.9. The lowest BCUT2D eigenvalue weighted by Gasteiger charge is -2.33. The van der Waals surface area contributed by atoms with Gasteiger partial charge in [-0.25, -0.2) is 8.42 Å². The fourth-order valence-corrected chi connectivity index (χ4v) is 5.96. The Morgan fingerprint density at radius 3 is 2.42 bits per heavy atom. The topological polar surface area (TPSA) is 75.7 Å². The van der Waals surface area contributed by atoms with Crippen molar-refractivity contribution in [3.63, 3.8) is 0 Å². The van der Waals surface area contributed by atoms with Gasteiger partial charge in [0.15, 0.2) is 0 Å². The van der Waals surface area contributed by atoms with Crippen molar-refractivity contribution in [3.8, 4) is 5.75 Å². The Morgan fingerprint density at radius 2 is 1.77 bits per heavy atom. The second-order valence-electron chi connectivity index (χ2n) is 7.83. The molecule has 0 radical (unpaired) electrons. The Balaban J connectivity index is 1.81. The minimum Gasteiger partial charge on any atom is -0.496 e. The van der Waals surface area contributed by atoms with Crippen molar-refractivity contribution in [1.82, 2.24) is 9.62 Å². The monoisotopic (exact) mass is 508 g/mol. The number of nitrogens with zero attached hydrogens (tertiary/aromatic N) is 1. The molecular formula is C23H29BrN2O4S. The Morgan fingerprint density at radius 1 is 1.13 bits per heavy atom. The molecule has 2 aromatic carbocycles. The quantitative estimate of drug-likeness (QED) is 0.562. The summed E-state index contributed by atoms with van der Waals surface area (Å²) in [5.41, 5.74) is 0.846. The Bertz CT molecular complexity index is 989. The standard InChI is InChI=1S/C23H29BrN2O4S/c1-17(21-10-6-7-11-22(21)30-2)25-23(27)16-26(19-8-4-3-5-9-19)31(28,29)20-14-12-18(24)13-15-20/h6-7,10-15,17,19H,3-5,8-9,16H2,1-2H3,(H,25,27)/t17-/m0/s1. The number of hydrogen-bond donors (Lipinski definition) is 1. The molecule has 1 amide bonds. The molecule has 0 unspecified atom stereocenters. The van der Waals surface area contributed by atoms with Gasteiger partial charge in [0.25, 0.3) is 0 Å². The number of hydrogen-bond acceptors (Lipinski definition) is 4. The van der Waals surface area contributed by atoms with Crippen LogP contribution in [0.3, 0.4) is 0 Å². The number of ether oxygens (including phenoxy) is 1. The summed E-state index contributed by atoms with van der Waals surface area (Å²) >= 11 is 3.34. The van der Waals surface area contributed by atoms with E-state index in [0.29, 0.717) is 5.75 Å². The molecule has 1 atom stereocenters. The van der Waals surface area contributed by atoms with Gasteiger partial charge in [-0.15, -0.1) is 0 Å². The number of sulfonamides is 1. The van der Waals surface area contributed by atoms with E-state index in [2.05, 4.69) is 21.2 Å². The lowest BCUT2D eigenvalue weighted by Crippen LogP contribution is -2.47. The molecule has 31 heavy (non-hydrogen) atoms. The molecule has 3 rings (SSSR count). The van der Waals surface area contributed by atoms with E-state index >= 15 is 0 Å². The smallest absolute Gasteiger partial charge is 0.243 e. The van der Waals surface area contributed by atoms with Gasteiger partial charge in [0, 0.05) is 16.1 Å². The van der Waals surface area contributed by atoms with Gasteiger partial charge in [0.05, 0.1) is 24.6 Å². The fraction of sp³-hybridized carbons (Fsp3) is 0.435. The molecule has 0 spiro atoms. The third kappa shape index (κ3) is 5.87. The Labute approximate surface area is 193 Å². The summed E-state index contributed by atoms with van der Waals surface area (Å²) in [6, 6.07) is 13.5. The van der Waals surface area contributed by atoms with Gasteiger partial charge in [-0.05, 0) is 50.1 Å². The van der Waals surface area contributed by atoms with Crippen LogP contribution in [0.15, 0.2) is 57.9 Å². The van der Waals surface area contributed by atoms with Crippen LogP contribution in [0.4, 0.5) is 0 Å². The molecule has 1 aliphatic rings. The minimum absolute atomic E-state index is 0.172. The summed E-state index contributed by atoms with van der Waals surface area (Å²) < 4.78 is 34.5. The van der Waals surface area contributed by atoms with E-state index in [9.17, 15) is 13.2 Å². The van der Waals surface area contributed by atoms with Crippen molar-refractivity contribution in [1.29, 1.82) is 0 Å². The number of carbonyl (C=O) groups is 1. The maximum absolute atomic E-state index is 13.4. The molecule has 1 saturated carbocycles. The summed E-state index contributed by atoms with van der Waals surface area (Å²) in [5, 5.41) is 2.94. The molecule has 1 fully saturated rings. The molecule has 0 aromatic heterocycles. The van der Waals surface area contributed by atoms with Crippen LogP contribution in [-0.4, -0.2) is 38.3 Å². The van der Waals surface area contributed by atoms with E-state index in [0.717, 1.165) is 42.1 Å². The van der Waals surface area contributed by atoms with E-state index in [1.807, 2.05) is 31.2 Å². The van der Waals surface area contributed by atoms with Gasteiger partial charge < -0.3 is 10.1 Å². The summed E-state index contributed by atoms with van der Waals surface area (Å²) in [4.78, 5) is 13.1. The van der Waals surface area contributed by atoms with Crippen molar-refractivity contribution in [2.45, 2.75) is 56.0 Å². The Kier molecular flexibility index (Phi) is 8.13. The first-order valence-corrected chi connectivity index (χ1v) is 12.8. The van der Waals surface area contributed by atoms with Crippen LogP contribution in [0, 0.1) is 0 Å². The lowest BCUT2D eigenvalue weighted by molar-refractivity contribution is -0.122. The van der Waals surface area contributed by atoms with Gasteiger partial charge in [-0.1, -0.05) is 53.4 Å². The number of nitrogens with one attached hydrogen (secondary N) is 1. The number of rotatable bonds is 8. The maximum Gasteiger partial charge on any atom is 0.243 e. The molecule has 8 heteroatoms. The number of methoxy groups -OCH3 is 1. The van der Waals surface area contributed by atoms with Gasteiger partial charge in [-0.2, -0.15) is 4.31 Å². The zero-order chi connectivity index (χ0) is 22.4. The predicted molar refractivity (Wildman–Crippen MR) is 124 cm³/mol. The molecule has 1 N–H and O–H groups in total. The van der Waals surface area contributed by atoms with Crippen molar-refractivity contribution >= 4 is 31.9 Å². The Hall–Kier alpha value is -1.90. The molecule has 0 saturated heterocycles. The van der Waals surface area contributed by atoms with Crippen LogP contribution in [-0.2, 0) is 14.8 Å². The zero-order valence-electron chi connectivity index (χ0n) is 17.9. The third-order valence-corrected chi connectivity index (χ3v) is 8.13. The normalized spacial score (nSPS) is 16.1. The third-order valence-electron chi connectivity index (χ3n) is 5.68. The second kappa shape index (κ2) is 10.6. The van der Waals surface area contributed by atoms with Crippen LogP contribution in [0.2, 0.25) is 0 Å². The van der Waals surface area contributed by atoms with E-state index in [1.54, 1.807) is 31.4 Å². The van der Waals surface area contributed by atoms with Crippen LogP contribution >= 0.6 is 15.9 Å². The first-order valence-electron chi connectivity index (χ1n) is 10.5. The van der Waals surface area contributed by atoms with Crippen molar-refractivity contribution in [3.05, 3.63) is 58.6 Å². The fourth-order valence-electron chi connectivity index (χ4n) is 4.05. The van der Waals surface area contributed by atoms with Gasteiger partial charge in [0.1, 0.15) is 5.75 Å². The van der Waals surface area contributed by atoms with Crippen molar-refractivity contribution in [2.75, 3.05) is 13.7 Å². The molecule has 0 aliphatic heterocycles. The molecule has 6 nitrogen and oxygen atoms in total. The first-order chi connectivity index (χ1) is 14.8. The summed E-state index contributed by atoms with van der Waals surface area (Å²) in [6.45, 7) is 1.66. The molecule has 2 aromatic rings. The van der Waals surface area contributed by atoms with Crippen molar-refractivity contribution < 1.29 is 17.9 Å². The van der Waals surface area contributed by atoms with Gasteiger partial charge in [0.2, 0.25) is 15.9 Å². The number of para-hydroxylation sites is 1. The second-order valence-corrected chi connectivity index (χ2v) is 10.6. The average molecular weight is 509 g/mol. The van der Waals surface area contributed by atoms with Crippen LogP contribution in [0.1, 0.15) is 50.6 Å². The van der Waals surface area contributed by atoms with Crippen LogP contribution < -0.4 is 10.1 Å². The molecule has 0 bridgehead atoms. The average Bonchev–Trinajstić information content (AvgIpc) is 2.78. The number of benzene rings is 2. The minimum atomic E-state index is -3.80. The highest BCUT2D eigenvalue weighted by Gasteiger charge is 2.34. The summed E-state index contributed by atoms with van der Waals surface area (Å²) in [6.07, 6.45) is 4.57. The molecule has 0 heterocycles. The van der Waals surface area contributed by atoms with E-state index < -0.39 is 10.0 Å². The highest BCUT2D eigenvalue weighted by Crippen LogP contribution is 2.29. The van der Waals surface area contributed by atoms with E-state index in [1.165, 1.54) is 4.31 Å². The number of carbonyl (C=O) groups excluding carboxylic acids is 1. The SMILES string of the molecule is COc1ccccc1[C@H](C)NC(=O)CN(C1CCCCC1)S(=O)(=O)c1ccc(Br)cc1. The van der Waals surface area contributed by atoms with Crippen LogP contribution in [0.25, 0.3) is 0 Å². The molecular weight excluding hydrogens is 480 g/mol. The van der Waals surface area contributed by atoms with Gasteiger partial charge >= 0.3 is 0 Å². The van der Waals surface area contributed by atoms with E-state index in [-0.39, 0.29) is 29.4 Å². The van der Waals surface area contributed by atoms with E-state index in [4.69, 9.17) is 4.74 Å². The van der Waals surface area contributed by atoms with Gasteiger partial charge in [-0.3, -0.25) is 4.79 Å². The number of halogens is 1. The lowest BCUT2D eigenvalue weighted by atomic mass is 9.95. The summed E-state index contributed by atoms with van der Waals surface area (Å²) in [5.74, 6) is 0.353. The highest BCUT2D eigenvalue weighted by molar-refractivity contribution is 9.10. The zero-order valence-corrected chi connectivity index (χ0v) is 20.3. The van der Waals surface area contributed by atoms with Crippen molar-refractivity contribution in [2.24, 2.45) is 0 Å². The maximum atomic E-state index is 13.4. The molecule has 168 valence electrons. The summed E-state index contributed by atoms with van der Waals surface area (Å²) in [7, 11) is -2.21. The van der Waals surface area contributed by atoms with Crippen LogP contribution in [0.5, 0.6) is 5.75 Å². The number of amides is 1. The molecule has 1 aliphatic carbocycles. The first kappa shape index (κ1) is 23.8. The largest absolute Gasteiger partial charge is 0.496 e. The predicted octanol–water partition coefficient (Wildman–Crippen LogP) is 4.66.